The van der Waals surface area contributed by atoms with Crippen molar-refractivity contribution in [3.63, 3.8) is 0 Å². The molecule has 0 spiro atoms. The first kappa shape index (κ1) is 21.5. The van der Waals surface area contributed by atoms with Crippen molar-refractivity contribution in [1.29, 1.82) is 0 Å². The number of anilines is 1. The molecule has 3 heterocycles. The number of aryl methyl sites for hydroxylation is 2. The molecule has 4 aromatic rings. The number of nitrogen functional groups attached to an aromatic ring is 1. The quantitative estimate of drug-likeness (QED) is 0.493. The van der Waals surface area contributed by atoms with Crippen LogP contribution in [0.25, 0.3) is 33.4 Å². The molecule has 172 valence electrons. The molecule has 0 radical (unpaired) electrons. The molecule has 1 aliphatic rings. The zero-order valence-electron chi connectivity index (χ0n) is 19.8. The van der Waals surface area contributed by atoms with Crippen LogP contribution in [0.3, 0.4) is 0 Å². The number of rotatable bonds is 4. The summed E-state index contributed by atoms with van der Waals surface area (Å²) >= 11 is 0. The van der Waals surface area contributed by atoms with Crippen LogP contribution in [0.2, 0.25) is 0 Å². The first-order valence-corrected chi connectivity index (χ1v) is 11.7. The minimum absolute atomic E-state index is 0.00516. The molecule has 5 rings (SSSR count). The van der Waals surface area contributed by atoms with E-state index in [1.54, 1.807) is 4.57 Å². The lowest BCUT2D eigenvalue weighted by atomic mass is 9.99. The molecule has 2 aromatic carbocycles. The summed E-state index contributed by atoms with van der Waals surface area (Å²) in [5, 5.41) is 8.49. The highest BCUT2D eigenvalue weighted by Gasteiger charge is 2.25. The maximum absolute atomic E-state index is 12.9. The summed E-state index contributed by atoms with van der Waals surface area (Å²) < 4.78 is 5.58. The van der Waals surface area contributed by atoms with Crippen molar-refractivity contribution in [2.24, 2.45) is 7.05 Å². The second-order valence-electron chi connectivity index (χ2n) is 9.41. The topological polar surface area (TPSA) is 82.8 Å². The highest BCUT2D eigenvalue weighted by molar-refractivity contribution is 5.92. The van der Waals surface area contributed by atoms with Gasteiger partial charge in [-0.3, -0.25) is 9.13 Å². The number of benzene rings is 2. The maximum Gasteiger partial charge on any atom is 0.329 e. The van der Waals surface area contributed by atoms with Crippen molar-refractivity contribution in [2.45, 2.75) is 45.7 Å². The number of nitrogens with one attached hydrogen (secondary N) is 1. The average molecular weight is 445 g/mol. The Morgan fingerprint density at radius 2 is 1.82 bits per heavy atom. The van der Waals surface area contributed by atoms with Gasteiger partial charge in [-0.15, -0.1) is 0 Å². The van der Waals surface area contributed by atoms with Crippen molar-refractivity contribution < 1.29 is 0 Å². The predicted molar refractivity (Wildman–Crippen MR) is 135 cm³/mol. The first-order chi connectivity index (χ1) is 15.9. The number of fused-ring (bicyclic) bond motifs is 1. The molecule has 0 unspecified atom stereocenters. The van der Waals surface area contributed by atoms with Gasteiger partial charge in [0, 0.05) is 18.7 Å². The van der Waals surface area contributed by atoms with Crippen molar-refractivity contribution in [3.05, 3.63) is 58.5 Å². The maximum atomic E-state index is 12.9. The summed E-state index contributed by atoms with van der Waals surface area (Å²) in [6.07, 6.45) is 2.01. The number of imidazole rings is 1. The standard InChI is InChI=1S/C26H32N6O/c1-16(2)31-21-9-8-18(15-22(21)30(4)26(31)33)23-24(19-7-5-6-17(3)14-19)29-32(25(23)27)20-10-12-28-13-11-20/h5-9,14-16,20,28H,10-13,27H2,1-4H3. The highest BCUT2D eigenvalue weighted by atomic mass is 16.1. The van der Waals surface area contributed by atoms with E-state index in [0.29, 0.717) is 5.82 Å². The van der Waals surface area contributed by atoms with Gasteiger partial charge >= 0.3 is 5.69 Å². The molecule has 1 saturated heterocycles. The van der Waals surface area contributed by atoms with Crippen LogP contribution in [-0.4, -0.2) is 32.0 Å². The van der Waals surface area contributed by atoms with Gasteiger partial charge in [0.2, 0.25) is 0 Å². The van der Waals surface area contributed by atoms with Crippen LogP contribution in [0, 0.1) is 6.92 Å². The number of nitrogens with zero attached hydrogens (tertiary/aromatic N) is 4. The largest absolute Gasteiger partial charge is 0.383 e. The van der Waals surface area contributed by atoms with E-state index in [-0.39, 0.29) is 17.8 Å². The Kier molecular flexibility index (Phi) is 5.37. The van der Waals surface area contributed by atoms with Crippen LogP contribution in [0.1, 0.15) is 44.3 Å². The van der Waals surface area contributed by atoms with Gasteiger partial charge in [-0.05, 0) is 70.5 Å². The molecule has 7 nitrogen and oxygen atoms in total. The lowest BCUT2D eigenvalue weighted by Gasteiger charge is -2.24. The van der Waals surface area contributed by atoms with Gasteiger partial charge in [-0.25, -0.2) is 9.48 Å². The van der Waals surface area contributed by atoms with Crippen LogP contribution in [0.4, 0.5) is 5.82 Å². The minimum atomic E-state index is -0.00516. The van der Waals surface area contributed by atoms with Crippen molar-refractivity contribution >= 4 is 16.9 Å². The molecule has 1 aliphatic heterocycles. The summed E-state index contributed by atoms with van der Waals surface area (Å²) in [7, 11) is 1.83. The molecule has 3 N–H and O–H groups in total. The van der Waals surface area contributed by atoms with Crippen LogP contribution >= 0.6 is 0 Å². The molecule has 2 aromatic heterocycles. The normalized spacial score (nSPS) is 15.1. The summed E-state index contributed by atoms with van der Waals surface area (Å²) in [6, 6.07) is 14.9. The van der Waals surface area contributed by atoms with E-state index in [2.05, 4.69) is 48.6 Å². The lowest BCUT2D eigenvalue weighted by molar-refractivity contribution is 0.347. The molecule has 0 atom stereocenters. The first-order valence-electron chi connectivity index (χ1n) is 11.7. The molecular weight excluding hydrogens is 412 g/mol. The van der Waals surface area contributed by atoms with Gasteiger partial charge in [0.1, 0.15) is 11.5 Å². The number of nitrogens with two attached hydrogens (primary N) is 1. The van der Waals surface area contributed by atoms with Crippen LogP contribution in [0.15, 0.2) is 47.3 Å². The van der Waals surface area contributed by atoms with E-state index in [0.717, 1.165) is 59.3 Å². The predicted octanol–water partition coefficient (Wildman–Crippen LogP) is 4.27. The monoisotopic (exact) mass is 444 g/mol. The summed E-state index contributed by atoms with van der Waals surface area (Å²) in [4.78, 5) is 12.9. The number of hydrogen-bond donors (Lipinski definition) is 2. The van der Waals surface area contributed by atoms with Gasteiger partial charge in [-0.1, -0.05) is 29.8 Å². The number of hydrogen-bond acceptors (Lipinski definition) is 4. The zero-order chi connectivity index (χ0) is 23.3. The molecular formula is C26H32N6O. The van der Waals surface area contributed by atoms with Crippen LogP contribution in [-0.2, 0) is 7.05 Å². The Labute approximate surface area is 193 Å². The third-order valence-corrected chi connectivity index (χ3v) is 6.79. The van der Waals surface area contributed by atoms with E-state index in [9.17, 15) is 4.79 Å². The second-order valence-corrected chi connectivity index (χ2v) is 9.41. The minimum Gasteiger partial charge on any atom is -0.383 e. The van der Waals surface area contributed by atoms with E-state index in [1.165, 1.54) is 5.56 Å². The third-order valence-electron chi connectivity index (χ3n) is 6.79. The fraction of sp³-hybridized carbons (Fsp3) is 0.385. The lowest BCUT2D eigenvalue weighted by Crippen LogP contribution is -2.30. The third kappa shape index (κ3) is 3.56. The SMILES string of the molecule is Cc1cccc(-c2nn(C3CCNCC3)c(N)c2-c2ccc3c(c2)n(C)c(=O)n3C(C)C)c1. The number of piperidine rings is 1. The molecule has 7 heteroatoms. The van der Waals surface area contributed by atoms with Gasteiger partial charge in [0.25, 0.3) is 0 Å². The Morgan fingerprint density at radius 3 is 2.52 bits per heavy atom. The van der Waals surface area contributed by atoms with Gasteiger partial charge in [0.15, 0.2) is 0 Å². The van der Waals surface area contributed by atoms with Crippen LogP contribution in [0.5, 0.6) is 0 Å². The summed E-state index contributed by atoms with van der Waals surface area (Å²) in [5.74, 6) is 0.686. The Balaban J connectivity index is 1.74. The summed E-state index contributed by atoms with van der Waals surface area (Å²) in [5.41, 5.74) is 13.7. The second kappa shape index (κ2) is 8.23. The summed E-state index contributed by atoms with van der Waals surface area (Å²) in [6.45, 7) is 8.09. The molecule has 0 amide bonds. The molecule has 1 fully saturated rings. The van der Waals surface area contributed by atoms with E-state index >= 15 is 0 Å². The van der Waals surface area contributed by atoms with Crippen molar-refractivity contribution in [1.82, 2.24) is 24.2 Å². The molecule has 0 aliphatic carbocycles. The Bertz CT molecular complexity index is 1380. The molecule has 0 bridgehead atoms. The fourth-order valence-corrected chi connectivity index (χ4v) is 5.07. The van der Waals surface area contributed by atoms with Crippen molar-refractivity contribution in [2.75, 3.05) is 18.8 Å². The van der Waals surface area contributed by atoms with Gasteiger partial charge < -0.3 is 11.1 Å². The Morgan fingerprint density at radius 1 is 1.06 bits per heavy atom. The fourth-order valence-electron chi connectivity index (χ4n) is 5.07. The molecule has 0 saturated carbocycles. The van der Waals surface area contributed by atoms with E-state index in [4.69, 9.17) is 10.8 Å². The van der Waals surface area contributed by atoms with Crippen molar-refractivity contribution in [3.8, 4) is 22.4 Å². The van der Waals surface area contributed by atoms with Gasteiger partial charge in [0.05, 0.1) is 22.6 Å². The van der Waals surface area contributed by atoms with E-state index < -0.39 is 0 Å². The molecule has 33 heavy (non-hydrogen) atoms. The smallest absolute Gasteiger partial charge is 0.329 e. The van der Waals surface area contributed by atoms with Gasteiger partial charge in [-0.2, -0.15) is 5.10 Å². The highest BCUT2D eigenvalue weighted by Crippen LogP contribution is 2.40. The average Bonchev–Trinajstić information content (AvgIpc) is 3.28. The number of aromatic nitrogens is 4. The van der Waals surface area contributed by atoms with E-state index in [1.807, 2.05) is 36.2 Å². The Hall–Kier alpha value is -3.32. The van der Waals surface area contributed by atoms with Crippen LogP contribution < -0.4 is 16.7 Å². The zero-order valence-corrected chi connectivity index (χ0v) is 19.8.